The molecule has 0 spiro atoms. The molecule has 5 nitrogen and oxygen atoms in total. The van der Waals surface area contributed by atoms with E-state index in [4.69, 9.17) is 0 Å². The van der Waals surface area contributed by atoms with Crippen molar-refractivity contribution >= 4 is 34.2 Å². The van der Waals surface area contributed by atoms with Crippen LogP contribution in [0.2, 0.25) is 0 Å². The van der Waals surface area contributed by atoms with E-state index in [2.05, 4.69) is 37.7 Å². The molecule has 0 atom stereocenters. The van der Waals surface area contributed by atoms with Gasteiger partial charge in [0.1, 0.15) is 5.75 Å². The highest BCUT2D eigenvalue weighted by Crippen LogP contribution is 2.25. The fourth-order valence-corrected chi connectivity index (χ4v) is 2.23. The number of alkyl halides is 2. The molecular weight excluding hydrogens is 407 g/mol. The third-order valence-electron chi connectivity index (χ3n) is 2.83. The second kappa shape index (κ2) is 7.52. The molecule has 22 heavy (non-hydrogen) atoms. The van der Waals surface area contributed by atoms with E-state index in [1.54, 1.807) is 16.8 Å². The van der Waals surface area contributed by atoms with Crippen LogP contribution in [0.4, 0.5) is 14.5 Å². The summed E-state index contributed by atoms with van der Waals surface area (Å²) in [6.07, 6.45) is 2.03. The molecule has 8 heteroatoms. The Kier molecular flexibility index (Phi) is 5.69. The van der Waals surface area contributed by atoms with E-state index in [0.717, 1.165) is 9.26 Å². The van der Waals surface area contributed by atoms with Crippen LogP contribution in [0.1, 0.15) is 12.1 Å². The Morgan fingerprint density at radius 3 is 2.82 bits per heavy atom. The number of carbonyl (C=O) groups is 1. The van der Waals surface area contributed by atoms with Gasteiger partial charge in [-0.3, -0.25) is 9.48 Å². The van der Waals surface area contributed by atoms with Gasteiger partial charge in [0.15, 0.2) is 0 Å². The number of ether oxygens (including phenoxy) is 1. The lowest BCUT2D eigenvalue weighted by molar-refractivity contribution is -0.116. The zero-order valence-corrected chi connectivity index (χ0v) is 13.9. The predicted molar refractivity (Wildman–Crippen MR) is 86.0 cm³/mol. The van der Waals surface area contributed by atoms with Crippen molar-refractivity contribution < 1.29 is 18.3 Å². The highest BCUT2D eigenvalue weighted by Gasteiger charge is 2.12. The molecule has 118 valence electrons. The lowest BCUT2D eigenvalue weighted by Gasteiger charge is -2.11. The second-order valence-corrected chi connectivity index (χ2v) is 5.66. The van der Waals surface area contributed by atoms with Crippen molar-refractivity contribution in [1.29, 1.82) is 0 Å². The quantitative estimate of drug-likeness (QED) is 0.728. The fraction of sp³-hybridized carbons (Fsp3) is 0.286. The van der Waals surface area contributed by atoms with Gasteiger partial charge in [0, 0.05) is 19.2 Å². The Bertz CT molecular complexity index is 642. The number of amides is 1. The Hall–Kier alpha value is -1.71. The van der Waals surface area contributed by atoms with Gasteiger partial charge in [0.2, 0.25) is 5.91 Å². The van der Waals surface area contributed by atoms with Gasteiger partial charge in [-0.1, -0.05) is 12.1 Å². The average Bonchev–Trinajstić information content (AvgIpc) is 2.77. The van der Waals surface area contributed by atoms with Crippen molar-refractivity contribution in [3.8, 4) is 5.75 Å². The number of aromatic nitrogens is 2. The molecule has 0 saturated carbocycles. The van der Waals surface area contributed by atoms with Gasteiger partial charge in [0.05, 0.1) is 15.0 Å². The van der Waals surface area contributed by atoms with E-state index in [-0.39, 0.29) is 23.8 Å². The fourth-order valence-electron chi connectivity index (χ4n) is 1.81. The Balaban J connectivity index is 1.94. The average molecular weight is 421 g/mol. The molecule has 0 radical (unpaired) electrons. The van der Waals surface area contributed by atoms with Crippen molar-refractivity contribution in [2.45, 2.75) is 26.5 Å². The lowest BCUT2D eigenvalue weighted by Crippen LogP contribution is -2.16. The van der Waals surface area contributed by atoms with Gasteiger partial charge < -0.3 is 10.1 Å². The second-order valence-electron chi connectivity index (χ2n) is 4.50. The first-order chi connectivity index (χ1) is 10.5. The number of hydrogen-bond acceptors (Lipinski definition) is 3. The third kappa shape index (κ3) is 4.65. The summed E-state index contributed by atoms with van der Waals surface area (Å²) in [5.74, 6) is -0.358. The maximum Gasteiger partial charge on any atom is 0.387 e. The number of nitrogens with zero attached hydrogens (tertiary/aromatic N) is 2. The highest BCUT2D eigenvalue weighted by atomic mass is 127. The number of para-hydroxylation sites is 2. The van der Waals surface area contributed by atoms with E-state index in [9.17, 15) is 13.6 Å². The van der Waals surface area contributed by atoms with Crippen LogP contribution in [0.25, 0.3) is 0 Å². The van der Waals surface area contributed by atoms with Crippen LogP contribution < -0.4 is 10.1 Å². The first-order valence-corrected chi connectivity index (χ1v) is 7.57. The van der Waals surface area contributed by atoms with Crippen molar-refractivity contribution in [2.24, 2.45) is 0 Å². The number of benzene rings is 1. The maximum absolute atomic E-state index is 12.3. The van der Waals surface area contributed by atoms with Gasteiger partial charge in [-0.05, 0) is 41.6 Å². The summed E-state index contributed by atoms with van der Waals surface area (Å²) in [4.78, 5) is 11.9. The van der Waals surface area contributed by atoms with Gasteiger partial charge in [-0.15, -0.1) is 0 Å². The summed E-state index contributed by atoms with van der Waals surface area (Å²) >= 11 is 2.16. The van der Waals surface area contributed by atoms with Crippen LogP contribution in [0, 0.1) is 10.5 Å². The number of carbonyl (C=O) groups excluding carboxylic acids is 1. The number of aryl methyl sites for hydroxylation is 2. The van der Waals surface area contributed by atoms with Crippen molar-refractivity contribution in [1.82, 2.24) is 9.78 Å². The predicted octanol–water partition coefficient (Wildman–Crippen LogP) is 3.43. The van der Waals surface area contributed by atoms with E-state index in [1.807, 2.05) is 13.1 Å². The summed E-state index contributed by atoms with van der Waals surface area (Å²) in [5, 5.41) is 6.82. The standard InChI is InChI=1S/C14H14F2IN3O2/c1-9-10(17)8-20(19-9)7-6-13(21)18-11-4-2-3-5-12(11)22-14(15)16/h2-5,8,14H,6-7H2,1H3,(H,18,21). The molecule has 0 unspecified atom stereocenters. The van der Waals surface area contributed by atoms with Gasteiger partial charge in [0.25, 0.3) is 0 Å². The first-order valence-electron chi connectivity index (χ1n) is 6.49. The van der Waals surface area contributed by atoms with Crippen LogP contribution in [-0.2, 0) is 11.3 Å². The van der Waals surface area contributed by atoms with Gasteiger partial charge in [-0.25, -0.2) is 0 Å². The van der Waals surface area contributed by atoms with E-state index in [0.29, 0.717) is 6.54 Å². The third-order valence-corrected chi connectivity index (χ3v) is 3.89. The van der Waals surface area contributed by atoms with E-state index < -0.39 is 6.61 Å². The Morgan fingerprint density at radius 2 is 2.18 bits per heavy atom. The SMILES string of the molecule is Cc1nn(CCC(=O)Nc2ccccc2OC(F)F)cc1I. The Labute approximate surface area is 139 Å². The molecule has 1 aromatic carbocycles. The van der Waals surface area contributed by atoms with Crippen molar-refractivity contribution in [2.75, 3.05) is 5.32 Å². The monoisotopic (exact) mass is 421 g/mol. The Morgan fingerprint density at radius 1 is 1.45 bits per heavy atom. The number of anilines is 1. The molecule has 1 heterocycles. The normalized spacial score (nSPS) is 10.8. The van der Waals surface area contributed by atoms with Gasteiger partial charge in [-0.2, -0.15) is 13.9 Å². The first kappa shape index (κ1) is 16.7. The summed E-state index contributed by atoms with van der Waals surface area (Å²) in [5.41, 5.74) is 1.12. The topological polar surface area (TPSA) is 56.2 Å². The number of halogens is 3. The largest absolute Gasteiger partial charge is 0.433 e. The number of nitrogens with one attached hydrogen (secondary N) is 1. The molecule has 0 aliphatic rings. The molecule has 0 saturated heterocycles. The zero-order chi connectivity index (χ0) is 16.1. The highest BCUT2D eigenvalue weighted by molar-refractivity contribution is 14.1. The molecular formula is C14H14F2IN3O2. The smallest absolute Gasteiger partial charge is 0.387 e. The van der Waals surface area contributed by atoms with Crippen LogP contribution in [-0.4, -0.2) is 22.3 Å². The minimum absolute atomic E-state index is 0.0599. The summed E-state index contributed by atoms with van der Waals surface area (Å²) in [6.45, 7) is -0.642. The molecule has 0 bridgehead atoms. The molecule has 2 aromatic rings. The van der Waals surface area contributed by atoms with Crippen molar-refractivity contribution in [3.63, 3.8) is 0 Å². The minimum Gasteiger partial charge on any atom is -0.433 e. The number of hydrogen-bond donors (Lipinski definition) is 1. The molecule has 1 aromatic heterocycles. The van der Waals surface area contributed by atoms with Crippen LogP contribution in [0.15, 0.2) is 30.5 Å². The molecule has 0 aliphatic carbocycles. The van der Waals surface area contributed by atoms with Crippen LogP contribution in [0.5, 0.6) is 5.75 Å². The van der Waals surface area contributed by atoms with E-state index in [1.165, 1.54) is 12.1 Å². The summed E-state index contributed by atoms with van der Waals surface area (Å²) in [6, 6.07) is 6.08. The van der Waals surface area contributed by atoms with Gasteiger partial charge >= 0.3 is 6.61 Å². The molecule has 1 N–H and O–H groups in total. The lowest BCUT2D eigenvalue weighted by atomic mass is 10.3. The maximum atomic E-state index is 12.3. The summed E-state index contributed by atoms with van der Waals surface area (Å²) < 4.78 is 31.7. The number of rotatable bonds is 6. The van der Waals surface area contributed by atoms with E-state index >= 15 is 0 Å². The minimum atomic E-state index is -2.94. The van der Waals surface area contributed by atoms with Crippen molar-refractivity contribution in [3.05, 3.63) is 39.7 Å². The van der Waals surface area contributed by atoms with Crippen LogP contribution >= 0.6 is 22.6 Å². The molecule has 0 fully saturated rings. The molecule has 0 aliphatic heterocycles. The van der Waals surface area contributed by atoms with Crippen LogP contribution in [0.3, 0.4) is 0 Å². The molecule has 1 amide bonds. The summed E-state index contributed by atoms with van der Waals surface area (Å²) in [7, 11) is 0. The zero-order valence-electron chi connectivity index (χ0n) is 11.7. The molecule has 2 rings (SSSR count).